The number of hydrogen-bond acceptors (Lipinski definition) is 3. The Kier molecular flexibility index (Phi) is 3.35. The van der Waals surface area contributed by atoms with Crippen molar-refractivity contribution in [3.63, 3.8) is 0 Å². The van der Waals surface area contributed by atoms with E-state index >= 15 is 0 Å². The van der Waals surface area contributed by atoms with Crippen LogP contribution in [-0.2, 0) is 4.74 Å². The van der Waals surface area contributed by atoms with Crippen molar-refractivity contribution >= 4 is 10.9 Å². The SMILES string of the molecule is Fc1cc(-c2cnn([C@@H]3CCCCO3)c2)c2ncccc2c1. The molecule has 0 amide bonds. The average Bonchev–Trinajstić information content (AvgIpc) is 3.05. The van der Waals surface area contributed by atoms with Gasteiger partial charge in [-0.25, -0.2) is 9.07 Å². The van der Waals surface area contributed by atoms with Gasteiger partial charge in [0.1, 0.15) is 12.0 Å². The molecule has 3 heterocycles. The third-order valence-electron chi connectivity index (χ3n) is 4.03. The highest BCUT2D eigenvalue weighted by Gasteiger charge is 2.17. The van der Waals surface area contributed by atoms with Gasteiger partial charge < -0.3 is 4.74 Å². The molecule has 1 aliphatic heterocycles. The van der Waals surface area contributed by atoms with Gasteiger partial charge in [-0.05, 0) is 37.5 Å². The fourth-order valence-corrected chi connectivity index (χ4v) is 2.94. The third-order valence-corrected chi connectivity index (χ3v) is 4.03. The summed E-state index contributed by atoms with van der Waals surface area (Å²) < 4.78 is 21.4. The summed E-state index contributed by atoms with van der Waals surface area (Å²) in [4.78, 5) is 4.39. The minimum Gasteiger partial charge on any atom is -0.357 e. The summed E-state index contributed by atoms with van der Waals surface area (Å²) in [5.41, 5.74) is 2.41. The fraction of sp³-hybridized carbons (Fsp3) is 0.294. The van der Waals surface area contributed by atoms with Crippen LogP contribution in [0.5, 0.6) is 0 Å². The molecule has 5 heteroatoms. The van der Waals surface area contributed by atoms with Crippen molar-refractivity contribution in [3.05, 3.63) is 48.7 Å². The average molecular weight is 297 g/mol. The standard InChI is InChI=1S/C17H16FN3O/c18-14-8-12-4-3-6-19-17(12)15(9-14)13-10-20-21(11-13)16-5-1-2-7-22-16/h3-4,6,8-11,16H,1-2,5,7H2/t16-/m0/s1. The third kappa shape index (κ3) is 2.37. The maximum Gasteiger partial charge on any atom is 0.150 e. The summed E-state index contributed by atoms with van der Waals surface area (Å²) in [6.45, 7) is 0.768. The van der Waals surface area contributed by atoms with E-state index in [0.717, 1.165) is 47.9 Å². The molecule has 4 nitrogen and oxygen atoms in total. The molecular formula is C17H16FN3O. The molecule has 4 rings (SSSR count). The van der Waals surface area contributed by atoms with Gasteiger partial charge in [-0.3, -0.25) is 4.98 Å². The van der Waals surface area contributed by atoms with Gasteiger partial charge in [0.25, 0.3) is 0 Å². The Hall–Kier alpha value is -2.27. The molecule has 3 aromatic rings. The molecule has 0 saturated carbocycles. The normalized spacial score (nSPS) is 18.7. The summed E-state index contributed by atoms with van der Waals surface area (Å²) in [6.07, 6.45) is 8.57. The van der Waals surface area contributed by atoms with Gasteiger partial charge in [-0.15, -0.1) is 0 Å². The largest absolute Gasteiger partial charge is 0.357 e. The van der Waals surface area contributed by atoms with Crippen LogP contribution in [0, 0.1) is 5.82 Å². The van der Waals surface area contributed by atoms with Crippen LogP contribution in [0.2, 0.25) is 0 Å². The molecule has 0 spiro atoms. The van der Waals surface area contributed by atoms with Crippen molar-refractivity contribution in [1.82, 2.24) is 14.8 Å². The van der Waals surface area contributed by atoms with Gasteiger partial charge in [0.2, 0.25) is 0 Å². The van der Waals surface area contributed by atoms with E-state index in [0.29, 0.717) is 0 Å². The molecular weight excluding hydrogens is 281 g/mol. The van der Waals surface area contributed by atoms with Crippen molar-refractivity contribution in [1.29, 1.82) is 0 Å². The second kappa shape index (κ2) is 5.50. The van der Waals surface area contributed by atoms with Crippen LogP contribution in [0.25, 0.3) is 22.0 Å². The second-order valence-corrected chi connectivity index (χ2v) is 5.56. The number of fused-ring (bicyclic) bond motifs is 1. The van der Waals surface area contributed by atoms with Crippen LogP contribution < -0.4 is 0 Å². The molecule has 0 N–H and O–H groups in total. The van der Waals surface area contributed by atoms with E-state index in [1.807, 2.05) is 23.0 Å². The Labute approximate surface area is 127 Å². The summed E-state index contributed by atoms with van der Waals surface area (Å²) in [6, 6.07) is 6.69. The minimum absolute atomic E-state index is 0.0183. The van der Waals surface area contributed by atoms with Crippen LogP contribution in [0.1, 0.15) is 25.5 Å². The lowest BCUT2D eigenvalue weighted by Crippen LogP contribution is -2.18. The van der Waals surface area contributed by atoms with Crippen molar-refractivity contribution in [3.8, 4) is 11.1 Å². The lowest BCUT2D eigenvalue weighted by molar-refractivity contribution is -0.0394. The molecule has 0 radical (unpaired) electrons. The predicted molar refractivity (Wildman–Crippen MR) is 81.8 cm³/mol. The van der Waals surface area contributed by atoms with Gasteiger partial charge >= 0.3 is 0 Å². The zero-order valence-corrected chi connectivity index (χ0v) is 12.1. The first-order chi connectivity index (χ1) is 10.8. The Morgan fingerprint density at radius 2 is 2.23 bits per heavy atom. The molecule has 1 atom stereocenters. The van der Waals surface area contributed by atoms with Crippen molar-refractivity contribution < 1.29 is 9.13 Å². The van der Waals surface area contributed by atoms with E-state index in [-0.39, 0.29) is 12.0 Å². The maximum atomic E-state index is 13.9. The number of aromatic nitrogens is 3. The van der Waals surface area contributed by atoms with E-state index < -0.39 is 0 Å². The highest BCUT2D eigenvalue weighted by Crippen LogP contribution is 2.30. The Bertz CT molecular complexity index is 809. The van der Waals surface area contributed by atoms with Crippen molar-refractivity contribution in [2.75, 3.05) is 6.61 Å². The number of nitrogens with zero attached hydrogens (tertiary/aromatic N) is 3. The summed E-state index contributed by atoms with van der Waals surface area (Å²) >= 11 is 0. The number of ether oxygens (including phenoxy) is 1. The smallest absolute Gasteiger partial charge is 0.150 e. The number of rotatable bonds is 2. The van der Waals surface area contributed by atoms with Crippen LogP contribution in [-0.4, -0.2) is 21.4 Å². The Morgan fingerprint density at radius 3 is 3.09 bits per heavy atom. The Morgan fingerprint density at radius 1 is 1.27 bits per heavy atom. The van der Waals surface area contributed by atoms with Crippen LogP contribution in [0.3, 0.4) is 0 Å². The quantitative estimate of drug-likeness (QED) is 0.719. The number of hydrogen-bond donors (Lipinski definition) is 0. The van der Waals surface area contributed by atoms with Crippen LogP contribution in [0.4, 0.5) is 4.39 Å². The van der Waals surface area contributed by atoms with Gasteiger partial charge in [-0.2, -0.15) is 5.10 Å². The first-order valence-electron chi connectivity index (χ1n) is 7.52. The molecule has 1 saturated heterocycles. The molecule has 0 bridgehead atoms. The van der Waals surface area contributed by atoms with Crippen LogP contribution >= 0.6 is 0 Å². The van der Waals surface area contributed by atoms with Crippen LogP contribution in [0.15, 0.2) is 42.9 Å². The molecule has 1 aliphatic rings. The van der Waals surface area contributed by atoms with E-state index in [1.54, 1.807) is 12.4 Å². The molecule has 22 heavy (non-hydrogen) atoms. The van der Waals surface area contributed by atoms with Crippen molar-refractivity contribution in [2.24, 2.45) is 0 Å². The zero-order chi connectivity index (χ0) is 14.9. The predicted octanol–water partition coefficient (Wildman–Crippen LogP) is 3.94. The molecule has 1 aromatic carbocycles. The van der Waals surface area contributed by atoms with Gasteiger partial charge in [-0.1, -0.05) is 6.07 Å². The molecule has 0 aliphatic carbocycles. The van der Waals surface area contributed by atoms with E-state index in [9.17, 15) is 4.39 Å². The maximum absolute atomic E-state index is 13.9. The van der Waals surface area contributed by atoms with Crippen molar-refractivity contribution in [2.45, 2.75) is 25.5 Å². The monoisotopic (exact) mass is 297 g/mol. The lowest BCUT2D eigenvalue weighted by Gasteiger charge is -2.22. The topological polar surface area (TPSA) is 39.9 Å². The minimum atomic E-state index is -0.267. The number of halogens is 1. The van der Waals surface area contributed by atoms with Gasteiger partial charge in [0, 0.05) is 35.5 Å². The fourth-order valence-electron chi connectivity index (χ4n) is 2.94. The molecule has 2 aromatic heterocycles. The molecule has 0 unspecified atom stereocenters. The zero-order valence-electron chi connectivity index (χ0n) is 12.1. The van der Waals surface area contributed by atoms with Gasteiger partial charge in [0.15, 0.2) is 0 Å². The van der Waals surface area contributed by atoms with Gasteiger partial charge in [0.05, 0.1) is 11.7 Å². The van der Waals surface area contributed by atoms with E-state index in [1.165, 1.54) is 12.1 Å². The first kappa shape index (κ1) is 13.4. The molecule has 1 fully saturated rings. The summed E-state index contributed by atoms with van der Waals surface area (Å²) in [7, 11) is 0. The van der Waals surface area contributed by atoms with E-state index in [2.05, 4.69) is 10.1 Å². The number of pyridine rings is 1. The number of benzene rings is 1. The Balaban J connectivity index is 1.77. The van der Waals surface area contributed by atoms with E-state index in [4.69, 9.17) is 4.74 Å². The lowest BCUT2D eigenvalue weighted by atomic mass is 10.0. The highest BCUT2D eigenvalue weighted by molar-refractivity contribution is 5.93. The first-order valence-corrected chi connectivity index (χ1v) is 7.52. The summed E-state index contributed by atoms with van der Waals surface area (Å²) in [5.74, 6) is -0.267. The highest BCUT2D eigenvalue weighted by atomic mass is 19.1. The molecule has 112 valence electrons. The summed E-state index contributed by atoms with van der Waals surface area (Å²) in [5, 5.41) is 5.19. The second-order valence-electron chi connectivity index (χ2n) is 5.56.